The molecule has 1 aliphatic heterocycles. The molecule has 2 aromatic rings. The molecule has 0 aliphatic carbocycles. The second-order valence-electron chi connectivity index (χ2n) is 6.55. The number of hydrogen-bond donors (Lipinski definition) is 3. The van der Waals surface area contributed by atoms with Crippen LogP contribution >= 0.6 is 12.4 Å². The van der Waals surface area contributed by atoms with Crippen molar-refractivity contribution in [2.75, 3.05) is 25.0 Å². The second-order valence-corrected chi connectivity index (χ2v) is 6.55. The Labute approximate surface area is 165 Å². The van der Waals surface area contributed by atoms with Gasteiger partial charge in [0.15, 0.2) is 0 Å². The van der Waals surface area contributed by atoms with Crippen LogP contribution < -0.4 is 16.0 Å². The van der Waals surface area contributed by atoms with E-state index in [4.69, 9.17) is 0 Å². The standard InChI is InChI=1S/C19H25N5O2.ClH/c25-18(7-2-15-8-11-20-12-9-15)21-14-19(26)23-16-3-5-17(6-4-16)24-13-1-10-22-24;/h1,3-6,10,13,15,20H,2,7-9,11-12,14H2,(H,21,25)(H,23,26);1H. The van der Waals surface area contributed by atoms with E-state index in [0.717, 1.165) is 38.0 Å². The average Bonchev–Trinajstić information content (AvgIpc) is 3.21. The number of benzene rings is 1. The Morgan fingerprint density at radius 1 is 1.15 bits per heavy atom. The van der Waals surface area contributed by atoms with Gasteiger partial charge in [-0.1, -0.05) is 0 Å². The van der Waals surface area contributed by atoms with Crippen molar-refractivity contribution in [3.05, 3.63) is 42.7 Å². The zero-order valence-corrected chi connectivity index (χ0v) is 16.0. The van der Waals surface area contributed by atoms with Crippen LogP contribution in [0.25, 0.3) is 5.69 Å². The van der Waals surface area contributed by atoms with Gasteiger partial charge in [0, 0.05) is 24.5 Å². The first-order valence-corrected chi connectivity index (χ1v) is 9.08. The van der Waals surface area contributed by atoms with Gasteiger partial charge in [-0.25, -0.2) is 4.68 Å². The number of piperidine rings is 1. The molecule has 1 aliphatic rings. The summed E-state index contributed by atoms with van der Waals surface area (Å²) < 4.78 is 1.74. The van der Waals surface area contributed by atoms with E-state index in [2.05, 4.69) is 21.0 Å². The van der Waals surface area contributed by atoms with Crippen molar-refractivity contribution in [1.82, 2.24) is 20.4 Å². The molecule has 0 atom stereocenters. The maximum atomic E-state index is 12.0. The summed E-state index contributed by atoms with van der Waals surface area (Å²) in [6.45, 7) is 2.06. The first-order valence-electron chi connectivity index (χ1n) is 9.08. The molecule has 0 spiro atoms. The number of anilines is 1. The normalized spacial score (nSPS) is 14.2. The number of halogens is 1. The second kappa shape index (κ2) is 10.7. The number of aromatic nitrogens is 2. The molecule has 146 valence electrons. The van der Waals surface area contributed by atoms with Gasteiger partial charge < -0.3 is 16.0 Å². The fourth-order valence-corrected chi connectivity index (χ4v) is 3.10. The van der Waals surface area contributed by atoms with Crippen LogP contribution in [0.4, 0.5) is 5.69 Å². The lowest BCUT2D eigenvalue weighted by Gasteiger charge is -2.22. The average molecular weight is 392 g/mol. The highest BCUT2D eigenvalue weighted by Gasteiger charge is 2.14. The van der Waals surface area contributed by atoms with E-state index in [1.54, 1.807) is 10.9 Å². The molecule has 0 saturated carbocycles. The molecule has 27 heavy (non-hydrogen) atoms. The SMILES string of the molecule is Cl.O=C(CCC1CCNCC1)NCC(=O)Nc1ccc(-n2cccn2)cc1. The Hall–Kier alpha value is -2.38. The summed E-state index contributed by atoms with van der Waals surface area (Å²) in [4.78, 5) is 23.9. The maximum absolute atomic E-state index is 12.0. The Bertz CT molecular complexity index is 712. The van der Waals surface area contributed by atoms with Gasteiger partial charge in [-0.15, -0.1) is 12.4 Å². The van der Waals surface area contributed by atoms with Crippen LogP contribution in [0.1, 0.15) is 25.7 Å². The Morgan fingerprint density at radius 3 is 2.56 bits per heavy atom. The monoisotopic (exact) mass is 391 g/mol. The smallest absolute Gasteiger partial charge is 0.243 e. The van der Waals surface area contributed by atoms with Crippen LogP contribution in [-0.2, 0) is 9.59 Å². The molecule has 3 N–H and O–H groups in total. The molecule has 0 unspecified atom stereocenters. The van der Waals surface area contributed by atoms with E-state index in [1.165, 1.54) is 0 Å². The minimum absolute atomic E-state index is 0. The summed E-state index contributed by atoms with van der Waals surface area (Å²) in [5.41, 5.74) is 1.61. The van der Waals surface area contributed by atoms with Crippen molar-refractivity contribution in [2.24, 2.45) is 5.92 Å². The molecule has 0 bridgehead atoms. The topological polar surface area (TPSA) is 88.0 Å². The highest BCUT2D eigenvalue weighted by atomic mass is 35.5. The lowest BCUT2D eigenvalue weighted by Crippen LogP contribution is -2.33. The third kappa shape index (κ3) is 6.69. The quantitative estimate of drug-likeness (QED) is 0.674. The Kier molecular flexibility index (Phi) is 8.29. The zero-order valence-electron chi connectivity index (χ0n) is 15.2. The van der Waals surface area contributed by atoms with Crippen LogP contribution in [0, 0.1) is 5.92 Å². The van der Waals surface area contributed by atoms with Crippen LogP contribution in [0.2, 0.25) is 0 Å². The number of carbonyl (C=O) groups excluding carboxylic acids is 2. The van der Waals surface area contributed by atoms with Crippen molar-refractivity contribution in [1.29, 1.82) is 0 Å². The molecular formula is C19H26ClN5O2. The summed E-state index contributed by atoms with van der Waals surface area (Å²) >= 11 is 0. The van der Waals surface area contributed by atoms with Gasteiger partial charge in [0.1, 0.15) is 0 Å². The van der Waals surface area contributed by atoms with E-state index in [1.807, 2.05) is 36.5 Å². The van der Waals surface area contributed by atoms with E-state index in [-0.39, 0.29) is 30.8 Å². The molecule has 2 amide bonds. The first-order chi connectivity index (χ1) is 12.7. The van der Waals surface area contributed by atoms with Crippen LogP contribution in [0.3, 0.4) is 0 Å². The molecule has 3 rings (SSSR count). The Morgan fingerprint density at radius 2 is 1.89 bits per heavy atom. The minimum atomic E-state index is -0.230. The fraction of sp³-hybridized carbons (Fsp3) is 0.421. The fourth-order valence-electron chi connectivity index (χ4n) is 3.10. The number of carbonyl (C=O) groups is 2. The highest BCUT2D eigenvalue weighted by Crippen LogP contribution is 2.17. The summed E-state index contributed by atoms with van der Waals surface area (Å²) in [6, 6.07) is 9.23. The molecule has 1 fully saturated rings. The predicted octanol–water partition coefficient (Wildman–Crippen LogP) is 2.13. The van der Waals surface area contributed by atoms with Gasteiger partial charge >= 0.3 is 0 Å². The Balaban J connectivity index is 0.00000261. The largest absolute Gasteiger partial charge is 0.347 e. The van der Waals surface area contributed by atoms with Crippen molar-refractivity contribution in [3.63, 3.8) is 0 Å². The van der Waals surface area contributed by atoms with Gasteiger partial charge in [-0.3, -0.25) is 9.59 Å². The van der Waals surface area contributed by atoms with Crippen LogP contribution in [0.15, 0.2) is 42.7 Å². The molecule has 0 radical (unpaired) electrons. The van der Waals surface area contributed by atoms with Crippen LogP contribution in [-0.4, -0.2) is 41.2 Å². The molecule has 8 heteroatoms. The number of hydrogen-bond acceptors (Lipinski definition) is 4. The van der Waals surface area contributed by atoms with E-state index < -0.39 is 0 Å². The first kappa shape index (κ1) is 20.9. The van der Waals surface area contributed by atoms with Crippen molar-refractivity contribution in [3.8, 4) is 5.69 Å². The summed E-state index contributed by atoms with van der Waals surface area (Å²) in [5, 5.41) is 13.0. The number of rotatable bonds is 7. The number of amides is 2. The molecule has 7 nitrogen and oxygen atoms in total. The number of nitrogens with one attached hydrogen (secondary N) is 3. The lowest BCUT2D eigenvalue weighted by molar-refractivity contribution is -0.124. The molecule has 1 saturated heterocycles. The third-order valence-electron chi connectivity index (χ3n) is 4.60. The molecule has 2 heterocycles. The van der Waals surface area contributed by atoms with Crippen molar-refractivity contribution in [2.45, 2.75) is 25.7 Å². The van der Waals surface area contributed by atoms with Crippen molar-refractivity contribution >= 4 is 29.9 Å². The maximum Gasteiger partial charge on any atom is 0.243 e. The zero-order chi connectivity index (χ0) is 18.2. The molecular weight excluding hydrogens is 366 g/mol. The van der Waals surface area contributed by atoms with Crippen molar-refractivity contribution < 1.29 is 9.59 Å². The van der Waals surface area contributed by atoms with E-state index in [0.29, 0.717) is 18.0 Å². The highest BCUT2D eigenvalue weighted by molar-refractivity contribution is 5.94. The van der Waals surface area contributed by atoms with Gasteiger partial charge in [0.05, 0.1) is 12.2 Å². The predicted molar refractivity (Wildman–Crippen MR) is 107 cm³/mol. The summed E-state index contributed by atoms with van der Waals surface area (Å²) in [5.74, 6) is 0.323. The molecule has 1 aromatic heterocycles. The van der Waals surface area contributed by atoms with Gasteiger partial charge in [0.2, 0.25) is 11.8 Å². The number of nitrogens with zero attached hydrogens (tertiary/aromatic N) is 2. The van der Waals surface area contributed by atoms with E-state index >= 15 is 0 Å². The van der Waals surface area contributed by atoms with E-state index in [9.17, 15) is 9.59 Å². The molecule has 1 aromatic carbocycles. The lowest BCUT2D eigenvalue weighted by atomic mass is 9.93. The van der Waals surface area contributed by atoms with Gasteiger partial charge in [-0.05, 0) is 68.6 Å². The summed E-state index contributed by atoms with van der Waals surface area (Å²) in [7, 11) is 0. The van der Waals surface area contributed by atoms with Gasteiger partial charge in [0.25, 0.3) is 0 Å². The van der Waals surface area contributed by atoms with Crippen LogP contribution in [0.5, 0.6) is 0 Å². The summed E-state index contributed by atoms with van der Waals surface area (Å²) in [6.07, 6.45) is 7.20. The third-order valence-corrected chi connectivity index (χ3v) is 4.60. The van der Waals surface area contributed by atoms with Gasteiger partial charge in [-0.2, -0.15) is 5.10 Å². The minimum Gasteiger partial charge on any atom is -0.347 e.